The lowest BCUT2D eigenvalue weighted by molar-refractivity contribution is 0.622. The summed E-state index contributed by atoms with van der Waals surface area (Å²) in [7, 11) is 0. The van der Waals surface area contributed by atoms with Crippen molar-refractivity contribution in [1.29, 1.82) is 5.26 Å². The summed E-state index contributed by atoms with van der Waals surface area (Å²) >= 11 is 0. The molecule has 32 heavy (non-hydrogen) atoms. The highest BCUT2D eigenvalue weighted by Gasteiger charge is 2.15. The number of aromatic amines is 1. The first-order chi connectivity index (χ1) is 15.5. The summed E-state index contributed by atoms with van der Waals surface area (Å²) in [6, 6.07) is 9.40. The molecule has 156 valence electrons. The summed E-state index contributed by atoms with van der Waals surface area (Å²) in [4.78, 5) is 17.3. The Morgan fingerprint density at radius 2 is 1.88 bits per heavy atom. The van der Waals surface area contributed by atoms with Crippen molar-refractivity contribution >= 4 is 27.8 Å². The molecule has 0 atom stereocenters. The Bertz CT molecular complexity index is 1540. The molecular weight excluding hydrogens is 414 g/mol. The van der Waals surface area contributed by atoms with E-state index >= 15 is 0 Å². The number of pyridine rings is 2. The third-order valence-corrected chi connectivity index (χ3v) is 5.06. The van der Waals surface area contributed by atoms with Crippen molar-refractivity contribution in [3.05, 3.63) is 71.6 Å². The maximum atomic E-state index is 13.8. The average Bonchev–Trinajstić information content (AvgIpc) is 3.21. The number of aromatic nitrogens is 6. The largest absolute Gasteiger partial charge is 0.383 e. The van der Waals surface area contributed by atoms with Crippen LogP contribution in [0.3, 0.4) is 0 Å². The van der Waals surface area contributed by atoms with Gasteiger partial charge in [-0.2, -0.15) is 10.4 Å². The number of nitrogens with one attached hydrogen (secondary N) is 1. The van der Waals surface area contributed by atoms with Crippen LogP contribution in [0.2, 0.25) is 0 Å². The second-order valence-electron chi connectivity index (χ2n) is 7.15. The van der Waals surface area contributed by atoms with Crippen LogP contribution in [0.25, 0.3) is 33.1 Å². The number of nitriles is 1. The number of H-pyrrole nitrogens is 1. The Labute approximate surface area is 179 Å². The number of nitrogens with two attached hydrogens (primary N) is 1. The zero-order valence-corrected chi connectivity index (χ0v) is 16.5. The number of fused-ring (bicyclic) bond motifs is 2. The Morgan fingerprint density at radius 3 is 2.69 bits per heavy atom. The third-order valence-electron chi connectivity index (χ3n) is 5.06. The van der Waals surface area contributed by atoms with Gasteiger partial charge in [0, 0.05) is 34.8 Å². The van der Waals surface area contributed by atoms with Crippen LogP contribution in [0.1, 0.15) is 17.2 Å². The van der Waals surface area contributed by atoms with E-state index in [1.165, 1.54) is 24.4 Å². The second-order valence-corrected chi connectivity index (χ2v) is 7.15. The van der Waals surface area contributed by atoms with Gasteiger partial charge in [0.1, 0.15) is 35.0 Å². The van der Waals surface area contributed by atoms with Crippen LogP contribution in [0.5, 0.6) is 0 Å². The van der Waals surface area contributed by atoms with Gasteiger partial charge in [-0.15, -0.1) is 0 Å². The fourth-order valence-corrected chi connectivity index (χ4v) is 3.61. The summed E-state index contributed by atoms with van der Waals surface area (Å²) in [5.41, 5.74) is 8.94. The Balaban J connectivity index is 1.56. The summed E-state index contributed by atoms with van der Waals surface area (Å²) in [6.07, 6.45) is 3.41. The number of halogens is 2. The molecule has 0 aliphatic heterocycles. The van der Waals surface area contributed by atoms with Crippen molar-refractivity contribution in [2.24, 2.45) is 0 Å². The Hall–Kier alpha value is -4.52. The molecule has 10 heteroatoms. The predicted molar refractivity (Wildman–Crippen MR) is 113 cm³/mol. The van der Waals surface area contributed by atoms with Crippen molar-refractivity contribution < 1.29 is 8.78 Å². The van der Waals surface area contributed by atoms with Crippen molar-refractivity contribution in [1.82, 2.24) is 30.1 Å². The number of hydrogen-bond acceptors (Lipinski definition) is 7. The summed E-state index contributed by atoms with van der Waals surface area (Å²) in [5.74, 6) is -0.286. The van der Waals surface area contributed by atoms with E-state index in [0.717, 1.165) is 6.20 Å². The fraction of sp³-hybridized carbons (Fsp3) is 0.0909. The first-order valence-electron chi connectivity index (χ1n) is 9.62. The molecule has 0 amide bonds. The standard InChI is InChI=1S/C22H14F2N8/c23-13-1-2-16-11(5-13)7-15(12-6-14(24)10-27-9-12)17(28-16)3-4-19-29-21(26)20-18(8-25)31-32-22(20)30-19/h1-2,5-7,9-10H,3-4H2,(H3,26,29,30,31,32). The number of nitrogen functional groups attached to an aromatic ring is 1. The molecule has 4 aromatic heterocycles. The van der Waals surface area contributed by atoms with Gasteiger partial charge in [-0.05, 0) is 36.8 Å². The number of rotatable bonds is 4. The highest BCUT2D eigenvalue weighted by Crippen LogP contribution is 2.28. The minimum atomic E-state index is -0.485. The van der Waals surface area contributed by atoms with Crippen LogP contribution < -0.4 is 5.73 Å². The number of anilines is 1. The average molecular weight is 428 g/mol. The smallest absolute Gasteiger partial charge is 0.187 e. The van der Waals surface area contributed by atoms with E-state index in [1.54, 1.807) is 12.1 Å². The van der Waals surface area contributed by atoms with Gasteiger partial charge < -0.3 is 5.73 Å². The molecule has 0 unspecified atom stereocenters. The van der Waals surface area contributed by atoms with E-state index in [0.29, 0.717) is 57.4 Å². The Morgan fingerprint density at radius 1 is 1.00 bits per heavy atom. The van der Waals surface area contributed by atoms with Gasteiger partial charge in [-0.3, -0.25) is 15.1 Å². The predicted octanol–water partition coefficient (Wildman–Crippen LogP) is 3.48. The Kier molecular flexibility index (Phi) is 4.63. The summed E-state index contributed by atoms with van der Waals surface area (Å²) in [6.45, 7) is 0. The quantitative estimate of drug-likeness (QED) is 0.448. The maximum Gasteiger partial charge on any atom is 0.187 e. The molecule has 0 bridgehead atoms. The molecule has 3 N–H and O–H groups in total. The molecule has 0 spiro atoms. The molecule has 0 saturated heterocycles. The second kappa shape index (κ2) is 7.63. The van der Waals surface area contributed by atoms with Gasteiger partial charge in [0.2, 0.25) is 0 Å². The molecule has 0 aliphatic carbocycles. The first kappa shape index (κ1) is 19.4. The fourth-order valence-electron chi connectivity index (χ4n) is 3.61. The molecule has 1 aromatic carbocycles. The SMILES string of the molecule is N#Cc1[nH]nc2nc(CCc3nc4ccc(F)cc4cc3-c3cncc(F)c3)nc(N)c12. The minimum Gasteiger partial charge on any atom is -0.383 e. The first-order valence-corrected chi connectivity index (χ1v) is 9.62. The van der Waals surface area contributed by atoms with Gasteiger partial charge in [-0.1, -0.05) is 0 Å². The van der Waals surface area contributed by atoms with Gasteiger partial charge in [0.05, 0.1) is 17.1 Å². The van der Waals surface area contributed by atoms with Gasteiger partial charge in [0.25, 0.3) is 0 Å². The number of aryl methyl sites for hydroxylation is 2. The van der Waals surface area contributed by atoms with E-state index in [1.807, 2.05) is 6.07 Å². The number of hydrogen-bond donors (Lipinski definition) is 2. The lowest BCUT2D eigenvalue weighted by atomic mass is 10.00. The summed E-state index contributed by atoms with van der Waals surface area (Å²) in [5, 5.41) is 16.7. The van der Waals surface area contributed by atoms with Crippen LogP contribution in [-0.2, 0) is 12.8 Å². The molecule has 0 fully saturated rings. The number of nitrogens with zero attached hydrogens (tertiary/aromatic N) is 6. The van der Waals surface area contributed by atoms with E-state index in [9.17, 15) is 8.78 Å². The zero-order valence-electron chi connectivity index (χ0n) is 16.5. The maximum absolute atomic E-state index is 13.8. The molecule has 0 saturated carbocycles. The molecule has 4 heterocycles. The highest BCUT2D eigenvalue weighted by atomic mass is 19.1. The topological polar surface area (TPSA) is 130 Å². The third kappa shape index (κ3) is 3.45. The van der Waals surface area contributed by atoms with Gasteiger partial charge in [-0.25, -0.2) is 18.7 Å². The van der Waals surface area contributed by atoms with Gasteiger partial charge >= 0.3 is 0 Å². The zero-order chi connectivity index (χ0) is 22.2. The highest BCUT2D eigenvalue weighted by molar-refractivity contribution is 5.89. The van der Waals surface area contributed by atoms with E-state index in [2.05, 4.69) is 30.1 Å². The molecule has 0 radical (unpaired) electrons. The van der Waals surface area contributed by atoms with Crippen molar-refractivity contribution in [2.75, 3.05) is 5.73 Å². The van der Waals surface area contributed by atoms with E-state index in [4.69, 9.17) is 11.0 Å². The van der Waals surface area contributed by atoms with E-state index < -0.39 is 5.82 Å². The van der Waals surface area contributed by atoms with Crippen LogP contribution in [0.4, 0.5) is 14.6 Å². The lowest BCUT2D eigenvalue weighted by Crippen LogP contribution is -2.05. The minimum absolute atomic E-state index is 0.159. The van der Waals surface area contributed by atoms with Crippen LogP contribution >= 0.6 is 0 Å². The molecule has 8 nitrogen and oxygen atoms in total. The lowest BCUT2D eigenvalue weighted by Gasteiger charge is -2.11. The van der Waals surface area contributed by atoms with Gasteiger partial charge in [0.15, 0.2) is 5.65 Å². The number of benzene rings is 1. The molecule has 5 rings (SSSR count). The molecule has 0 aliphatic rings. The molecular formula is C22H14F2N8. The summed E-state index contributed by atoms with van der Waals surface area (Å²) < 4.78 is 27.6. The van der Waals surface area contributed by atoms with Crippen molar-refractivity contribution in [3.63, 3.8) is 0 Å². The van der Waals surface area contributed by atoms with Crippen molar-refractivity contribution in [3.8, 4) is 17.2 Å². The van der Waals surface area contributed by atoms with Crippen LogP contribution in [0.15, 0.2) is 42.7 Å². The monoisotopic (exact) mass is 428 g/mol. The van der Waals surface area contributed by atoms with Crippen molar-refractivity contribution in [2.45, 2.75) is 12.8 Å². The van der Waals surface area contributed by atoms with Crippen LogP contribution in [0, 0.1) is 23.0 Å². The van der Waals surface area contributed by atoms with E-state index in [-0.39, 0.29) is 17.3 Å². The van der Waals surface area contributed by atoms with Crippen LogP contribution in [-0.4, -0.2) is 30.1 Å². The molecule has 5 aromatic rings. The normalized spacial score (nSPS) is 11.2.